The predicted octanol–water partition coefficient (Wildman–Crippen LogP) is 4.86. The van der Waals surface area contributed by atoms with Crippen molar-refractivity contribution in [3.8, 4) is 40.1 Å². The molecule has 2 aromatic carbocycles. The van der Waals surface area contributed by atoms with Gasteiger partial charge in [-0.25, -0.2) is 0 Å². The van der Waals surface area contributed by atoms with Crippen LogP contribution in [0.5, 0.6) is 23.0 Å². The fourth-order valence-corrected chi connectivity index (χ4v) is 3.85. The van der Waals surface area contributed by atoms with E-state index in [1.807, 2.05) is 47.9 Å². The van der Waals surface area contributed by atoms with E-state index in [2.05, 4.69) is 17.1 Å². The highest BCUT2D eigenvalue weighted by molar-refractivity contribution is 7.99. The molecule has 0 saturated carbocycles. The average Bonchev–Trinajstić information content (AvgIpc) is 3.21. The first-order valence-corrected chi connectivity index (χ1v) is 10.8. The van der Waals surface area contributed by atoms with Gasteiger partial charge < -0.3 is 18.9 Å². The van der Waals surface area contributed by atoms with Crippen LogP contribution in [0, 0.1) is 0 Å². The first kappa shape index (κ1) is 21.8. The second-order valence-electron chi connectivity index (χ2n) is 6.33. The second-order valence-corrected chi connectivity index (χ2v) is 7.39. The Morgan fingerprint density at radius 2 is 1.57 bits per heavy atom. The van der Waals surface area contributed by atoms with Crippen molar-refractivity contribution in [2.75, 3.05) is 33.7 Å². The maximum Gasteiger partial charge on any atom is 0.203 e. The Morgan fingerprint density at radius 1 is 0.900 bits per heavy atom. The van der Waals surface area contributed by atoms with Crippen LogP contribution < -0.4 is 18.9 Å². The van der Waals surface area contributed by atoms with E-state index in [0.29, 0.717) is 29.7 Å². The molecule has 30 heavy (non-hydrogen) atoms. The standard InChI is InChI=1S/C22H27N3O4S/c1-6-12-30-22-24-23-21(25(22)16-8-10-17(11-9-16)29-7-2)15-13-18(26-3)20(28-5)19(14-15)27-4/h8-11,13-14H,6-7,12H2,1-5H3. The molecule has 0 bridgehead atoms. The minimum atomic E-state index is 0.538. The first-order chi connectivity index (χ1) is 14.7. The predicted molar refractivity (Wildman–Crippen MR) is 119 cm³/mol. The maximum atomic E-state index is 5.58. The summed E-state index contributed by atoms with van der Waals surface area (Å²) in [6.07, 6.45) is 1.04. The molecule has 0 N–H and O–H groups in total. The number of methoxy groups -OCH3 is 3. The number of ether oxygens (including phenoxy) is 4. The van der Waals surface area contributed by atoms with Gasteiger partial charge in [-0.15, -0.1) is 10.2 Å². The highest BCUT2D eigenvalue weighted by Gasteiger charge is 2.20. The van der Waals surface area contributed by atoms with Crippen LogP contribution in [0.1, 0.15) is 20.3 Å². The summed E-state index contributed by atoms with van der Waals surface area (Å²) in [7, 11) is 4.78. The molecule has 0 spiro atoms. The van der Waals surface area contributed by atoms with Gasteiger partial charge in [-0.3, -0.25) is 4.57 Å². The van der Waals surface area contributed by atoms with Gasteiger partial charge in [-0.05, 0) is 49.7 Å². The molecule has 0 fully saturated rings. The van der Waals surface area contributed by atoms with Crippen molar-refractivity contribution in [2.24, 2.45) is 0 Å². The van der Waals surface area contributed by atoms with E-state index in [0.717, 1.165) is 34.3 Å². The topological polar surface area (TPSA) is 67.6 Å². The largest absolute Gasteiger partial charge is 0.494 e. The third-order valence-electron chi connectivity index (χ3n) is 4.40. The van der Waals surface area contributed by atoms with Gasteiger partial charge in [0.25, 0.3) is 0 Å². The van der Waals surface area contributed by atoms with Crippen LogP contribution in [0.3, 0.4) is 0 Å². The van der Waals surface area contributed by atoms with Gasteiger partial charge >= 0.3 is 0 Å². The molecule has 1 heterocycles. The smallest absolute Gasteiger partial charge is 0.203 e. The monoisotopic (exact) mass is 429 g/mol. The van der Waals surface area contributed by atoms with E-state index in [1.165, 1.54) is 0 Å². The maximum absolute atomic E-state index is 5.58. The lowest BCUT2D eigenvalue weighted by atomic mass is 10.1. The van der Waals surface area contributed by atoms with Crippen molar-refractivity contribution in [1.82, 2.24) is 14.8 Å². The molecule has 1 aromatic heterocycles. The van der Waals surface area contributed by atoms with Crippen molar-refractivity contribution in [3.05, 3.63) is 36.4 Å². The Kier molecular flexibility index (Phi) is 7.46. The average molecular weight is 430 g/mol. The zero-order valence-corrected chi connectivity index (χ0v) is 18.8. The molecule has 7 nitrogen and oxygen atoms in total. The fourth-order valence-electron chi connectivity index (χ4n) is 3.04. The lowest BCUT2D eigenvalue weighted by Crippen LogP contribution is -2.02. The summed E-state index contributed by atoms with van der Waals surface area (Å²) in [6.45, 7) is 4.74. The molecule has 0 aliphatic rings. The van der Waals surface area contributed by atoms with E-state index in [9.17, 15) is 0 Å². The number of thioether (sulfide) groups is 1. The minimum absolute atomic E-state index is 0.538. The summed E-state index contributed by atoms with van der Waals surface area (Å²) in [4.78, 5) is 0. The van der Waals surface area contributed by atoms with Gasteiger partial charge in [0.05, 0.1) is 27.9 Å². The number of hydrogen-bond acceptors (Lipinski definition) is 7. The Hall–Kier alpha value is -2.87. The van der Waals surface area contributed by atoms with Gasteiger partial charge in [0.1, 0.15) is 5.75 Å². The van der Waals surface area contributed by atoms with Gasteiger partial charge in [0, 0.05) is 17.0 Å². The summed E-state index contributed by atoms with van der Waals surface area (Å²) >= 11 is 1.67. The van der Waals surface area contributed by atoms with Gasteiger partial charge in [-0.2, -0.15) is 0 Å². The lowest BCUT2D eigenvalue weighted by Gasteiger charge is -2.15. The number of aromatic nitrogens is 3. The van der Waals surface area contributed by atoms with E-state index in [-0.39, 0.29) is 0 Å². The van der Waals surface area contributed by atoms with Crippen LogP contribution in [-0.4, -0.2) is 48.5 Å². The summed E-state index contributed by atoms with van der Waals surface area (Å²) < 4.78 is 24.1. The van der Waals surface area contributed by atoms with Crippen LogP contribution in [0.2, 0.25) is 0 Å². The van der Waals surface area contributed by atoms with Crippen LogP contribution >= 0.6 is 11.8 Å². The zero-order valence-electron chi connectivity index (χ0n) is 18.0. The molecule has 0 atom stereocenters. The van der Waals surface area contributed by atoms with Crippen LogP contribution in [-0.2, 0) is 0 Å². The van der Waals surface area contributed by atoms with Crippen LogP contribution in [0.25, 0.3) is 17.1 Å². The van der Waals surface area contributed by atoms with E-state index in [1.54, 1.807) is 33.1 Å². The summed E-state index contributed by atoms with van der Waals surface area (Å²) in [5, 5.41) is 9.76. The van der Waals surface area contributed by atoms with E-state index in [4.69, 9.17) is 18.9 Å². The Labute approximate surface area is 181 Å². The third-order valence-corrected chi connectivity index (χ3v) is 5.53. The molecule has 0 aliphatic heterocycles. The van der Waals surface area contributed by atoms with Crippen molar-refractivity contribution >= 4 is 11.8 Å². The van der Waals surface area contributed by atoms with E-state index >= 15 is 0 Å². The molecule has 8 heteroatoms. The Balaban J connectivity index is 2.15. The molecule has 0 amide bonds. The third kappa shape index (κ3) is 4.48. The van der Waals surface area contributed by atoms with Crippen molar-refractivity contribution in [3.63, 3.8) is 0 Å². The van der Waals surface area contributed by atoms with Gasteiger partial charge in [-0.1, -0.05) is 18.7 Å². The number of nitrogens with zero attached hydrogens (tertiary/aromatic N) is 3. The molecule has 0 saturated heterocycles. The second kappa shape index (κ2) is 10.2. The molecule has 0 unspecified atom stereocenters. The lowest BCUT2D eigenvalue weighted by molar-refractivity contribution is 0.324. The van der Waals surface area contributed by atoms with Crippen LogP contribution in [0.15, 0.2) is 41.6 Å². The highest BCUT2D eigenvalue weighted by atomic mass is 32.2. The summed E-state index contributed by atoms with van der Waals surface area (Å²) in [6, 6.07) is 11.7. The molecule has 0 radical (unpaired) electrons. The van der Waals surface area contributed by atoms with Crippen molar-refractivity contribution in [1.29, 1.82) is 0 Å². The molecular formula is C22H27N3O4S. The molecule has 3 rings (SSSR count). The molecule has 160 valence electrons. The molecule has 3 aromatic rings. The van der Waals surface area contributed by atoms with Gasteiger partial charge in [0.15, 0.2) is 22.5 Å². The molecular weight excluding hydrogens is 402 g/mol. The Morgan fingerprint density at radius 3 is 2.10 bits per heavy atom. The summed E-state index contributed by atoms with van der Waals surface area (Å²) in [5.41, 5.74) is 1.76. The van der Waals surface area contributed by atoms with Crippen molar-refractivity contribution < 1.29 is 18.9 Å². The fraction of sp³-hybridized carbons (Fsp3) is 0.364. The van der Waals surface area contributed by atoms with Crippen molar-refractivity contribution in [2.45, 2.75) is 25.4 Å². The highest BCUT2D eigenvalue weighted by Crippen LogP contribution is 2.41. The van der Waals surface area contributed by atoms with Gasteiger partial charge in [0.2, 0.25) is 5.75 Å². The normalized spacial score (nSPS) is 10.7. The summed E-state index contributed by atoms with van der Waals surface area (Å²) in [5.74, 6) is 4.14. The zero-order chi connectivity index (χ0) is 21.5. The Bertz CT molecular complexity index is 948. The molecule has 0 aliphatic carbocycles. The number of hydrogen-bond donors (Lipinski definition) is 0. The van der Waals surface area contributed by atoms with E-state index < -0.39 is 0 Å². The number of benzene rings is 2. The number of rotatable bonds is 10. The first-order valence-electron chi connectivity index (χ1n) is 9.78. The SMILES string of the molecule is CCCSc1nnc(-c2cc(OC)c(OC)c(OC)c2)n1-c1ccc(OCC)cc1. The minimum Gasteiger partial charge on any atom is -0.494 e. The quantitative estimate of drug-likeness (QED) is 0.426. The van der Waals surface area contributed by atoms with Crippen LogP contribution in [0.4, 0.5) is 0 Å².